The summed E-state index contributed by atoms with van der Waals surface area (Å²) in [5, 5.41) is 0. The highest BCUT2D eigenvalue weighted by atomic mass is 28.3. The van der Waals surface area contributed by atoms with E-state index in [1.165, 1.54) is 24.4 Å². The third-order valence-electron chi connectivity index (χ3n) is 2.68. The van der Waals surface area contributed by atoms with Crippen molar-refractivity contribution in [2.75, 3.05) is 13.2 Å². The van der Waals surface area contributed by atoms with E-state index >= 15 is 0 Å². The van der Waals surface area contributed by atoms with Gasteiger partial charge in [-0.2, -0.15) is 0 Å². The largest absolute Gasteiger partial charge is 0.397 e. The first kappa shape index (κ1) is 10.9. The summed E-state index contributed by atoms with van der Waals surface area (Å²) in [5.74, 6) is 0. The number of benzene rings is 1. The Bertz CT molecular complexity index is 270. The van der Waals surface area contributed by atoms with Gasteiger partial charge in [0.1, 0.15) is 0 Å². The van der Waals surface area contributed by atoms with Crippen molar-refractivity contribution >= 4 is 9.28 Å². The molecule has 15 heavy (non-hydrogen) atoms. The highest BCUT2D eigenvalue weighted by Crippen LogP contribution is 2.12. The van der Waals surface area contributed by atoms with Crippen molar-refractivity contribution in [2.45, 2.75) is 25.3 Å². The van der Waals surface area contributed by atoms with Gasteiger partial charge in [0.2, 0.25) is 0 Å². The SMILES string of the molecule is c1ccc(CCO[SiH]2CCCCO2)cc1. The summed E-state index contributed by atoms with van der Waals surface area (Å²) < 4.78 is 11.4. The van der Waals surface area contributed by atoms with Crippen LogP contribution in [0.3, 0.4) is 0 Å². The van der Waals surface area contributed by atoms with E-state index in [4.69, 9.17) is 8.85 Å². The first-order valence-corrected chi connectivity index (χ1v) is 7.48. The van der Waals surface area contributed by atoms with E-state index in [9.17, 15) is 0 Å². The molecule has 3 heteroatoms. The zero-order valence-corrected chi connectivity index (χ0v) is 10.2. The van der Waals surface area contributed by atoms with Gasteiger partial charge in [0.25, 0.3) is 0 Å². The molecule has 0 N–H and O–H groups in total. The topological polar surface area (TPSA) is 18.5 Å². The molecule has 1 aliphatic rings. The molecule has 2 rings (SSSR count). The van der Waals surface area contributed by atoms with Crippen LogP contribution in [-0.2, 0) is 15.3 Å². The first-order valence-electron chi connectivity index (χ1n) is 5.72. The maximum absolute atomic E-state index is 5.80. The molecule has 1 aliphatic heterocycles. The third-order valence-corrected chi connectivity index (χ3v) is 4.77. The first-order chi connectivity index (χ1) is 7.45. The average Bonchev–Trinajstić information content (AvgIpc) is 2.32. The molecule has 0 spiro atoms. The van der Waals surface area contributed by atoms with Crippen LogP contribution in [0.1, 0.15) is 18.4 Å². The summed E-state index contributed by atoms with van der Waals surface area (Å²) in [4.78, 5) is 0. The summed E-state index contributed by atoms with van der Waals surface area (Å²) in [6.07, 6.45) is 3.52. The van der Waals surface area contributed by atoms with E-state index in [1.807, 2.05) is 6.07 Å². The zero-order valence-electron chi connectivity index (χ0n) is 9.02. The molecule has 1 heterocycles. The average molecular weight is 222 g/mol. The molecule has 2 nitrogen and oxygen atoms in total. The zero-order chi connectivity index (χ0) is 10.3. The molecule has 0 aliphatic carbocycles. The summed E-state index contributed by atoms with van der Waals surface area (Å²) >= 11 is 0. The van der Waals surface area contributed by atoms with Crippen molar-refractivity contribution in [2.24, 2.45) is 0 Å². The molecule has 1 aromatic carbocycles. The van der Waals surface area contributed by atoms with Gasteiger partial charge in [0, 0.05) is 13.2 Å². The molecule has 0 bridgehead atoms. The third kappa shape index (κ3) is 3.78. The van der Waals surface area contributed by atoms with Crippen LogP contribution in [0.25, 0.3) is 0 Å². The summed E-state index contributed by atoms with van der Waals surface area (Å²) in [5.41, 5.74) is 1.35. The Balaban J connectivity index is 1.66. The fourth-order valence-corrected chi connectivity index (χ4v) is 3.66. The van der Waals surface area contributed by atoms with Gasteiger partial charge < -0.3 is 8.85 Å². The summed E-state index contributed by atoms with van der Waals surface area (Å²) in [6.45, 7) is 1.74. The Hall–Kier alpha value is -0.643. The van der Waals surface area contributed by atoms with Crippen molar-refractivity contribution in [3.63, 3.8) is 0 Å². The van der Waals surface area contributed by atoms with Crippen molar-refractivity contribution in [3.8, 4) is 0 Å². The maximum atomic E-state index is 5.80. The predicted octanol–water partition coefficient (Wildman–Crippen LogP) is 2.28. The van der Waals surface area contributed by atoms with Gasteiger partial charge in [0.15, 0.2) is 0 Å². The predicted molar refractivity (Wildman–Crippen MR) is 63.2 cm³/mol. The highest BCUT2D eigenvalue weighted by molar-refractivity contribution is 6.44. The van der Waals surface area contributed by atoms with E-state index in [1.54, 1.807) is 0 Å². The monoisotopic (exact) mass is 222 g/mol. The fraction of sp³-hybridized carbons (Fsp3) is 0.500. The molecular weight excluding hydrogens is 204 g/mol. The van der Waals surface area contributed by atoms with Crippen LogP contribution in [0.15, 0.2) is 30.3 Å². The van der Waals surface area contributed by atoms with E-state index in [2.05, 4.69) is 24.3 Å². The van der Waals surface area contributed by atoms with Crippen molar-refractivity contribution in [3.05, 3.63) is 35.9 Å². The quantitative estimate of drug-likeness (QED) is 0.728. The van der Waals surface area contributed by atoms with E-state index in [0.717, 1.165) is 19.6 Å². The highest BCUT2D eigenvalue weighted by Gasteiger charge is 2.16. The molecular formula is C12H18O2Si. The van der Waals surface area contributed by atoms with Crippen molar-refractivity contribution in [1.29, 1.82) is 0 Å². The fourth-order valence-electron chi connectivity index (χ4n) is 1.80. The van der Waals surface area contributed by atoms with Gasteiger partial charge >= 0.3 is 9.28 Å². The Morgan fingerprint density at radius 1 is 1.20 bits per heavy atom. The lowest BCUT2D eigenvalue weighted by Gasteiger charge is -2.20. The van der Waals surface area contributed by atoms with Crippen molar-refractivity contribution < 1.29 is 8.85 Å². The van der Waals surface area contributed by atoms with Crippen LogP contribution in [-0.4, -0.2) is 22.5 Å². The van der Waals surface area contributed by atoms with E-state index < -0.39 is 9.28 Å². The molecule has 1 atom stereocenters. The maximum Gasteiger partial charge on any atom is 0.321 e. The Labute approximate surface area is 93.1 Å². The molecule has 1 aromatic rings. The molecule has 0 aromatic heterocycles. The van der Waals surface area contributed by atoms with Crippen LogP contribution in [0, 0.1) is 0 Å². The van der Waals surface area contributed by atoms with Gasteiger partial charge in [-0.1, -0.05) is 30.3 Å². The molecule has 0 radical (unpaired) electrons. The molecule has 1 unspecified atom stereocenters. The molecule has 1 fully saturated rings. The Kier molecular flexibility index (Phi) is 4.38. The Morgan fingerprint density at radius 3 is 2.80 bits per heavy atom. The van der Waals surface area contributed by atoms with Crippen molar-refractivity contribution in [1.82, 2.24) is 0 Å². The van der Waals surface area contributed by atoms with E-state index in [-0.39, 0.29) is 0 Å². The van der Waals surface area contributed by atoms with Crippen LogP contribution in [0.4, 0.5) is 0 Å². The van der Waals surface area contributed by atoms with Gasteiger partial charge in [0.05, 0.1) is 0 Å². The molecule has 1 saturated heterocycles. The molecule has 82 valence electrons. The lowest BCUT2D eigenvalue weighted by molar-refractivity contribution is 0.179. The summed E-state index contributed by atoms with van der Waals surface area (Å²) in [6, 6.07) is 11.7. The van der Waals surface area contributed by atoms with Gasteiger partial charge in [-0.3, -0.25) is 0 Å². The minimum Gasteiger partial charge on any atom is -0.397 e. The minimum atomic E-state index is -1.27. The molecule has 0 amide bonds. The lowest BCUT2D eigenvalue weighted by Crippen LogP contribution is -2.27. The van der Waals surface area contributed by atoms with Crippen LogP contribution < -0.4 is 0 Å². The number of rotatable bonds is 4. The standard InChI is InChI=1S/C12H18O2Si/c1-2-6-12(7-3-1)8-10-14-15-11-5-4-9-13-15/h1-3,6-7,15H,4-5,8-11H2. The number of hydrogen-bond donors (Lipinski definition) is 0. The lowest BCUT2D eigenvalue weighted by atomic mass is 10.2. The van der Waals surface area contributed by atoms with Gasteiger partial charge in [-0.15, -0.1) is 0 Å². The second-order valence-corrected chi connectivity index (χ2v) is 6.01. The van der Waals surface area contributed by atoms with Crippen LogP contribution in [0.2, 0.25) is 6.04 Å². The van der Waals surface area contributed by atoms with Crippen LogP contribution >= 0.6 is 0 Å². The van der Waals surface area contributed by atoms with Crippen LogP contribution in [0.5, 0.6) is 0 Å². The van der Waals surface area contributed by atoms with E-state index in [0.29, 0.717) is 0 Å². The second kappa shape index (κ2) is 6.05. The smallest absolute Gasteiger partial charge is 0.321 e. The van der Waals surface area contributed by atoms with Gasteiger partial charge in [-0.05, 0) is 30.9 Å². The number of hydrogen-bond acceptors (Lipinski definition) is 2. The van der Waals surface area contributed by atoms with Gasteiger partial charge in [-0.25, -0.2) is 0 Å². The normalized spacial score (nSPS) is 21.5. The molecule has 0 saturated carbocycles. The summed E-state index contributed by atoms with van der Waals surface area (Å²) in [7, 11) is -1.27. The second-order valence-electron chi connectivity index (χ2n) is 3.90. The minimum absolute atomic E-state index is 0.820. The Morgan fingerprint density at radius 2 is 2.07 bits per heavy atom.